The standard InChI is InChI=1S/C20H18FN3O2S/c1-13(25)23-16-7-4-6-14(9-16)20-24-17(12-27-20)10-19(26)22-11-15-5-2-3-8-18(15)21/h2-9,12H,10-11H2,1H3,(H,22,26)(H,23,25). The second-order valence-electron chi connectivity index (χ2n) is 5.95. The van der Waals surface area contributed by atoms with Gasteiger partial charge in [-0.3, -0.25) is 9.59 Å². The van der Waals surface area contributed by atoms with Gasteiger partial charge in [-0.25, -0.2) is 9.37 Å². The van der Waals surface area contributed by atoms with Crippen molar-refractivity contribution in [1.29, 1.82) is 0 Å². The van der Waals surface area contributed by atoms with Gasteiger partial charge in [0, 0.05) is 35.7 Å². The van der Waals surface area contributed by atoms with Crippen LogP contribution in [0.2, 0.25) is 0 Å². The first-order valence-corrected chi connectivity index (χ1v) is 9.22. The summed E-state index contributed by atoms with van der Waals surface area (Å²) < 4.78 is 13.6. The first kappa shape index (κ1) is 18.7. The van der Waals surface area contributed by atoms with Gasteiger partial charge in [0.2, 0.25) is 11.8 Å². The van der Waals surface area contributed by atoms with Gasteiger partial charge in [-0.1, -0.05) is 30.3 Å². The monoisotopic (exact) mass is 383 g/mol. The number of halogens is 1. The Morgan fingerprint density at radius 2 is 1.96 bits per heavy atom. The van der Waals surface area contributed by atoms with Gasteiger partial charge in [0.15, 0.2) is 0 Å². The molecular weight excluding hydrogens is 365 g/mol. The average molecular weight is 383 g/mol. The molecule has 0 aliphatic heterocycles. The molecule has 7 heteroatoms. The first-order chi connectivity index (χ1) is 13.0. The minimum Gasteiger partial charge on any atom is -0.352 e. The molecule has 2 N–H and O–H groups in total. The average Bonchev–Trinajstić information content (AvgIpc) is 3.09. The number of carbonyl (C=O) groups is 2. The van der Waals surface area contributed by atoms with Gasteiger partial charge in [0.25, 0.3) is 0 Å². The quantitative estimate of drug-likeness (QED) is 0.681. The van der Waals surface area contributed by atoms with E-state index in [-0.39, 0.29) is 30.6 Å². The fraction of sp³-hybridized carbons (Fsp3) is 0.150. The second kappa shape index (κ2) is 8.55. The van der Waals surface area contributed by atoms with Gasteiger partial charge >= 0.3 is 0 Å². The van der Waals surface area contributed by atoms with Crippen LogP contribution < -0.4 is 10.6 Å². The lowest BCUT2D eigenvalue weighted by atomic mass is 10.2. The number of nitrogens with zero attached hydrogens (tertiary/aromatic N) is 1. The molecule has 3 rings (SSSR count). The number of hydrogen-bond acceptors (Lipinski definition) is 4. The van der Waals surface area contributed by atoms with E-state index in [1.165, 1.54) is 24.3 Å². The number of hydrogen-bond donors (Lipinski definition) is 2. The molecule has 138 valence electrons. The number of carbonyl (C=O) groups excluding carboxylic acids is 2. The zero-order valence-electron chi connectivity index (χ0n) is 14.7. The third-order valence-electron chi connectivity index (χ3n) is 3.76. The molecule has 1 aromatic heterocycles. The number of benzene rings is 2. The zero-order valence-corrected chi connectivity index (χ0v) is 15.5. The zero-order chi connectivity index (χ0) is 19.2. The Morgan fingerprint density at radius 3 is 2.74 bits per heavy atom. The van der Waals surface area contributed by atoms with Crippen molar-refractivity contribution in [1.82, 2.24) is 10.3 Å². The van der Waals surface area contributed by atoms with E-state index >= 15 is 0 Å². The van der Waals surface area contributed by atoms with Crippen molar-refractivity contribution < 1.29 is 14.0 Å². The Balaban J connectivity index is 1.61. The lowest BCUT2D eigenvalue weighted by molar-refractivity contribution is -0.120. The molecule has 27 heavy (non-hydrogen) atoms. The molecule has 0 fully saturated rings. The molecule has 2 aromatic carbocycles. The molecule has 3 aromatic rings. The number of nitrogens with one attached hydrogen (secondary N) is 2. The third-order valence-corrected chi connectivity index (χ3v) is 4.70. The molecule has 0 saturated carbocycles. The molecule has 0 radical (unpaired) electrons. The summed E-state index contributed by atoms with van der Waals surface area (Å²) in [5, 5.41) is 8.03. The van der Waals surface area contributed by atoms with Crippen LogP contribution >= 0.6 is 11.3 Å². The third kappa shape index (κ3) is 5.21. The maximum atomic E-state index is 13.6. The lowest BCUT2D eigenvalue weighted by Crippen LogP contribution is -2.25. The number of aromatic nitrogens is 1. The van der Waals surface area contributed by atoms with Crippen LogP contribution in [0.4, 0.5) is 10.1 Å². The van der Waals surface area contributed by atoms with E-state index in [0.717, 1.165) is 10.6 Å². The van der Waals surface area contributed by atoms with E-state index in [0.29, 0.717) is 16.9 Å². The Labute approximate surface area is 160 Å². The molecule has 1 heterocycles. The van der Waals surface area contributed by atoms with Crippen LogP contribution in [0.1, 0.15) is 18.2 Å². The van der Waals surface area contributed by atoms with Crippen molar-refractivity contribution in [3.8, 4) is 10.6 Å². The van der Waals surface area contributed by atoms with Gasteiger partial charge in [-0.2, -0.15) is 0 Å². The van der Waals surface area contributed by atoms with E-state index in [9.17, 15) is 14.0 Å². The predicted octanol–water partition coefficient (Wildman–Crippen LogP) is 3.77. The minimum absolute atomic E-state index is 0.121. The summed E-state index contributed by atoms with van der Waals surface area (Å²) in [6, 6.07) is 13.7. The summed E-state index contributed by atoms with van der Waals surface area (Å²) in [5.74, 6) is -0.701. The Bertz CT molecular complexity index is 971. The number of thiazole rings is 1. The van der Waals surface area contributed by atoms with Crippen molar-refractivity contribution in [2.45, 2.75) is 19.9 Å². The molecule has 0 unspecified atom stereocenters. The predicted molar refractivity (Wildman–Crippen MR) is 104 cm³/mol. The van der Waals surface area contributed by atoms with Crippen LogP contribution in [0, 0.1) is 5.82 Å². The number of anilines is 1. The largest absolute Gasteiger partial charge is 0.352 e. The van der Waals surface area contributed by atoms with Crippen LogP contribution in [0.25, 0.3) is 10.6 Å². The summed E-state index contributed by atoms with van der Waals surface area (Å²) >= 11 is 1.43. The van der Waals surface area contributed by atoms with Crippen molar-refractivity contribution >= 4 is 28.8 Å². The van der Waals surface area contributed by atoms with Crippen molar-refractivity contribution in [2.75, 3.05) is 5.32 Å². The Kier molecular flexibility index (Phi) is 5.93. The van der Waals surface area contributed by atoms with Crippen molar-refractivity contribution in [3.05, 3.63) is 71.0 Å². The Hall–Kier alpha value is -3.06. The summed E-state index contributed by atoms with van der Waals surface area (Å²) in [4.78, 5) is 27.8. The van der Waals surface area contributed by atoms with Crippen LogP contribution in [-0.4, -0.2) is 16.8 Å². The van der Waals surface area contributed by atoms with Gasteiger partial charge in [0.05, 0.1) is 12.1 Å². The molecule has 0 aliphatic carbocycles. The number of rotatable bonds is 6. The number of amides is 2. The molecule has 2 amide bonds. The molecule has 0 saturated heterocycles. The normalized spacial score (nSPS) is 10.4. The molecule has 0 spiro atoms. The van der Waals surface area contributed by atoms with Crippen LogP contribution in [0.15, 0.2) is 53.9 Å². The fourth-order valence-electron chi connectivity index (χ4n) is 2.52. The highest BCUT2D eigenvalue weighted by atomic mass is 32.1. The van der Waals surface area contributed by atoms with Crippen molar-refractivity contribution in [3.63, 3.8) is 0 Å². The molecule has 0 bridgehead atoms. The van der Waals surface area contributed by atoms with Gasteiger partial charge < -0.3 is 10.6 Å². The van der Waals surface area contributed by atoms with Crippen LogP contribution in [0.3, 0.4) is 0 Å². The van der Waals surface area contributed by atoms with Crippen LogP contribution in [0.5, 0.6) is 0 Å². The first-order valence-electron chi connectivity index (χ1n) is 8.34. The maximum absolute atomic E-state index is 13.6. The van der Waals surface area contributed by atoms with Crippen LogP contribution in [-0.2, 0) is 22.6 Å². The summed E-state index contributed by atoms with van der Waals surface area (Å²) in [6.07, 6.45) is 0.121. The fourth-order valence-corrected chi connectivity index (χ4v) is 3.33. The summed E-state index contributed by atoms with van der Waals surface area (Å²) in [6.45, 7) is 1.59. The van der Waals surface area contributed by atoms with Gasteiger partial charge in [-0.15, -0.1) is 11.3 Å². The van der Waals surface area contributed by atoms with Crippen molar-refractivity contribution in [2.24, 2.45) is 0 Å². The van der Waals surface area contributed by atoms with Gasteiger partial charge in [-0.05, 0) is 18.2 Å². The highest BCUT2D eigenvalue weighted by Gasteiger charge is 2.10. The lowest BCUT2D eigenvalue weighted by Gasteiger charge is -2.05. The molecule has 5 nitrogen and oxygen atoms in total. The van der Waals surface area contributed by atoms with E-state index in [4.69, 9.17) is 0 Å². The van der Waals surface area contributed by atoms with E-state index in [1.807, 2.05) is 23.6 Å². The van der Waals surface area contributed by atoms with Gasteiger partial charge in [0.1, 0.15) is 10.8 Å². The van der Waals surface area contributed by atoms with E-state index in [1.54, 1.807) is 24.3 Å². The minimum atomic E-state index is -0.340. The summed E-state index contributed by atoms with van der Waals surface area (Å²) in [5.41, 5.74) is 2.65. The van der Waals surface area contributed by atoms with E-state index in [2.05, 4.69) is 15.6 Å². The molecule has 0 atom stereocenters. The highest BCUT2D eigenvalue weighted by Crippen LogP contribution is 2.26. The van der Waals surface area contributed by atoms with E-state index < -0.39 is 0 Å². The molecule has 0 aliphatic rings. The molecular formula is C20H18FN3O2S. The summed E-state index contributed by atoms with van der Waals surface area (Å²) in [7, 11) is 0. The SMILES string of the molecule is CC(=O)Nc1cccc(-c2nc(CC(=O)NCc3ccccc3F)cs2)c1. The second-order valence-corrected chi connectivity index (χ2v) is 6.81. The topological polar surface area (TPSA) is 71.1 Å². The Morgan fingerprint density at radius 1 is 1.15 bits per heavy atom. The highest BCUT2D eigenvalue weighted by molar-refractivity contribution is 7.13. The maximum Gasteiger partial charge on any atom is 0.226 e. The smallest absolute Gasteiger partial charge is 0.226 e.